The summed E-state index contributed by atoms with van der Waals surface area (Å²) < 4.78 is 27.4. The van der Waals surface area contributed by atoms with Crippen LogP contribution in [0.3, 0.4) is 0 Å². The van der Waals surface area contributed by atoms with E-state index in [-0.39, 0.29) is 10.8 Å². The topological polar surface area (TPSA) is 92.3 Å². The largest absolute Gasteiger partial charge is 0.322 e. The number of aromatic nitrogens is 2. The van der Waals surface area contributed by atoms with Gasteiger partial charge < -0.3 is 5.32 Å². The highest BCUT2D eigenvalue weighted by Crippen LogP contribution is 2.23. The third kappa shape index (κ3) is 4.52. The lowest BCUT2D eigenvalue weighted by molar-refractivity contribution is 0.102. The van der Waals surface area contributed by atoms with Gasteiger partial charge in [0.05, 0.1) is 27.3 Å². The molecule has 4 rings (SSSR count). The maximum Gasteiger partial charge on any atom is 0.255 e. The molecule has 1 fully saturated rings. The minimum atomic E-state index is -3.56. The molecule has 2 aromatic carbocycles. The van der Waals surface area contributed by atoms with E-state index in [4.69, 9.17) is 0 Å². The predicted molar refractivity (Wildman–Crippen MR) is 125 cm³/mol. The Labute approximate surface area is 188 Å². The number of nitrogens with zero attached hydrogens (tertiary/aromatic N) is 3. The third-order valence-electron chi connectivity index (χ3n) is 5.80. The molecule has 0 unspecified atom stereocenters. The van der Waals surface area contributed by atoms with Crippen molar-refractivity contribution in [2.45, 2.75) is 50.8 Å². The summed E-state index contributed by atoms with van der Waals surface area (Å²) in [5.41, 5.74) is 4.23. The number of hydrogen-bond acceptors (Lipinski definition) is 5. The highest BCUT2D eigenvalue weighted by Gasteiger charge is 2.26. The fraction of sp³-hybridized carbons (Fsp3) is 0.375. The molecule has 1 amide bonds. The minimum Gasteiger partial charge on any atom is -0.322 e. The van der Waals surface area contributed by atoms with E-state index < -0.39 is 10.0 Å². The monoisotopic (exact) mass is 452 g/mol. The molecule has 0 saturated carbocycles. The Morgan fingerprint density at radius 2 is 1.62 bits per heavy atom. The van der Waals surface area contributed by atoms with Gasteiger partial charge >= 0.3 is 0 Å². The summed E-state index contributed by atoms with van der Waals surface area (Å²) in [5.74, 6) is -0.321. The molecule has 0 atom stereocenters. The van der Waals surface area contributed by atoms with Crippen LogP contribution in [0.1, 0.15) is 54.9 Å². The first kappa shape index (κ1) is 22.4. The fourth-order valence-corrected chi connectivity index (χ4v) is 5.59. The van der Waals surface area contributed by atoms with Gasteiger partial charge in [0.2, 0.25) is 10.0 Å². The Kier molecular flexibility index (Phi) is 6.53. The van der Waals surface area contributed by atoms with Crippen LogP contribution in [0.2, 0.25) is 0 Å². The average molecular weight is 453 g/mol. The van der Waals surface area contributed by atoms with E-state index in [0.717, 1.165) is 49.0 Å². The Morgan fingerprint density at radius 3 is 2.31 bits per heavy atom. The van der Waals surface area contributed by atoms with E-state index in [0.29, 0.717) is 29.9 Å². The van der Waals surface area contributed by atoms with Crippen LogP contribution in [-0.4, -0.2) is 41.7 Å². The van der Waals surface area contributed by atoms with Crippen molar-refractivity contribution in [3.05, 3.63) is 59.4 Å². The second-order valence-corrected chi connectivity index (χ2v) is 9.91. The Morgan fingerprint density at radius 1 is 0.938 bits per heavy atom. The first-order chi connectivity index (χ1) is 15.4. The van der Waals surface area contributed by atoms with Gasteiger partial charge in [-0.3, -0.25) is 4.79 Å². The fourth-order valence-electron chi connectivity index (χ4n) is 4.03. The number of anilines is 1. The van der Waals surface area contributed by atoms with Crippen LogP contribution >= 0.6 is 0 Å². The third-order valence-corrected chi connectivity index (χ3v) is 7.69. The molecule has 32 heavy (non-hydrogen) atoms. The summed E-state index contributed by atoms with van der Waals surface area (Å²) in [4.78, 5) is 22.4. The van der Waals surface area contributed by atoms with Crippen molar-refractivity contribution in [2.24, 2.45) is 0 Å². The highest BCUT2D eigenvalue weighted by molar-refractivity contribution is 7.89. The van der Waals surface area contributed by atoms with E-state index in [1.54, 1.807) is 36.4 Å². The molecule has 1 aliphatic rings. The van der Waals surface area contributed by atoms with Gasteiger partial charge in [0.15, 0.2) is 0 Å². The number of aryl methyl sites for hydroxylation is 2. The summed E-state index contributed by atoms with van der Waals surface area (Å²) in [5, 5.41) is 2.82. The maximum absolute atomic E-state index is 13.0. The Balaban J connectivity index is 1.57. The SMILES string of the molecule is CCc1nc2ccc(C(=O)Nc3cccc(S(=O)(=O)N4CCCCC4)c3)cc2nc1CC. The minimum absolute atomic E-state index is 0.196. The van der Waals surface area contributed by atoms with Crippen molar-refractivity contribution in [3.63, 3.8) is 0 Å². The Bertz CT molecular complexity index is 1250. The standard InChI is InChI=1S/C24H28N4O3S/c1-3-20-21(4-2)27-23-15-17(11-12-22(23)26-20)24(29)25-18-9-8-10-19(16-18)32(30,31)28-13-6-5-7-14-28/h8-12,15-16H,3-7,13-14H2,1-2H3,(H,25,29). The number of piperidine rings is 1. The highest BCUT2D eigenvalue weighted by atomic mass is 32.2. The Hall–Kier alpha value is -2.84. The van der Waals surface area contributed by atoms with Gasteiger partial charge in [0, 0.05) is 24.3 Å². The maximum atomic E-state index is 13.0. The quantitative estimate of drug-likeness (QED) is 0.606. The van der Waals surface area contributed by atoms with E-state index in [9.17, 15) is 13.2 Å². The molecule has 1 aliphatic heterocycles. The van der Waals surface area contributed by atoms with Crippen LogP contribution in [-0.2, 0) is 22.9 Å². The summed E-state index contributed by atoms with van der Waals surface area (Å²) in [6, 6.07) is 11.7. The molecule has 1 aromatic heterocycles. The molecule has 0 bridgehead atoms. The van der Waals surface area contributed by atoms with Crippen LogP contribution < -0.4 is 5.32 Å². The lowest BCUT2D eigenvalue weighted by Crippen LogP contribution is -2.35. The van der Waals surface area contributed by atoms with Crippen LogP contribution in [0.25, 0.3) is 11.0 Å². The normalized spacial score (nSPS) is 15.1. The van der Waals surface area contributed by atoms with Gasteiger partial charge in [-0.2, -0.15) is 4.31 Å². The first-order valence-corrected chi connectivity index (χ1v) is 12.6. The predicted octanol–water partition coefficient (Wildman–Crippen LogP) is 4.18. The van der Waals surface area contributed by atoms with Crippen molar-refractivity contribution in [1.82, 2.24) is 14.3 Å². The number of nitrogens with one attached hydrogen (secondary N) is 1. The van der Waals surface area contributed by atoms with Crippen molar-refractivity contribution in [1.29, 1.82) is 0 Å². The van der Waals surface area contributed by atoms with Crippen LogP contribution in [0.15, 0.2) is 47.4 Å². The second kappa shape index (κ2) is 9.34. The summed E-state index contributed by atoms with van der Waals surface area (Å²) in [7, 11) is -3.56. The van der Waals surface area contributed by atoms with Crippen LogP contribution in [0, 0.1) is 0 Å². The number of carbonyl (C=O) groups is 1. The summed E-state index contributed by atoms with van der Waals surface area (Å²) in [6.45, 7) is 5.17. The molecule has 0 radical (unpaired) electrons. The van der Waals surface area contributed by atoms with E-state index in [1.807, 2.05) is 6.92 Å². The molecule has 8 heteroatoms. The zero-order valence-corrected chi connectivity index (χ0v) is 19.3. The molecule has 168 valence electrons. The number of carbonyl (C=O) groups excluding carboxylic acids is 1. The van der Waals surface area contributed by atoms with E-state index in [2.05, 4.69) is 22.2 Å². The molecule has 2 heterocycles. The molecule has 1 saturated heterocycles. The van der Waals surface area contributed by atoms with Gasteiger partial charge in [0.1, 0.15) is 0 Å². The number of amides is 1. The molecule has 3 aromatic rings. The van der Waals surface area contributed by atoms with Gasteiger partial charge in [0.25, 0.3) is 5.91 Å². The smallest absolute Gasteiger partial charge is 0.255 e. The summed E-state index contributed by atoms with van der Waals surface area (Å²) >= 11 is 0. The average Bonchev–Trinajstić information content (AvgIpc) is 2.83. The van der Waals surface area contributed by atoms with Gasteiger partial charge in [-0.05, 0) is 62.1 Å². The molecule has 7 nitrogen and oxygen atoms in total. The first-order valence-electron chi connectivity index (χ1n) is 11.1. The van der Waals surface area contributed by atoms with Gasteiger partial charge in [-0.25, -0.2) is 18.4 Å². The summed E-state index contributed by atoms with van der Waals surface area (Å²) in [6.07, 6.45) is 4.39. The molecule has 0 aliphatic carbocycles. The number of rotatable bonds is 6. The second-order valence-electron chi connectivity index (χ2n) is 7.97. The van der Waals surface area contributed by atoms with Crippen LogP contribution in [0.4, 0.5) is 5.69 Å². The van der Waals surface area contributed by atoms with Gasteiger partial charge in [-0.15, -0.1) is 0 Å². The molecular formula is C24H28N4O3S. The number of benzene rings is 2. The van der Waals surface area contributed by atoms with Gasteiger partial charge in [-0.1, -0.05) is 26.3 Å². The number of hydrogen-bond donors (Lipinski definition) is 1. The zero-order chi connectivity index (χ0) is 22.7. The molecular weight excluding hydrogens is 424 g/mol. The lowest BCUT2D eigenvalue weighted by atomic mass is 10.1. The van der Waals surface area contributed by atoms with Crippen LogP contribution in [0.5, 0.6) is 0 Å². The van der Waals surface area contributed by atoms with E-state index >= 15 is 0 Å². The number of sulfonamides is 1. The number of fused-ring (bicyclic) bond motifs is 1. The molecule has 0 spiro atoms. The van der Waals surface area contributed by atoms with E-state index in [1.165, 1.54) is 10.4 Å². The van der Waals surface area contributed by atoms with Crippen molar-refractivity contribution >= 4 is 32.7 Å². The lowest BCUT2D eigenvalue weighted by Gasteiger charge is -2.26. The molecule has 1 N–H and O–H groups in total. The van der Waals surface area contributed by atoms with Crippen molar-refractivity contribution < 1.29 is 13.2 Å². The zero-order valence-electron chi connectivity index (χ0n) is 18.5. The van der Waals surface area contributed by atoms with Crippen molar-refractivity contribution in [2.75, 3.05) is 18.4 Å². The van der Waals surface area contributed by atoms with Crippen molar-refractivity contribution in [3.8, 4) is 0 Å².